The summed E-state index contributed by atoms with van der Waals surface area (Å²) in [6.07, 6.45) is 1.08. The highest BCUT2D eigenvalue weighted by atomic mass is 32.2. The molecule has 1 rings (SSSR count). The van der Waals surface area contributed by atoms with Crippen LogP contribution in [0.2, 0.25) is 0 Å². The summed E-state index contributed by atoms with van der Waals surface area (Å²) in [6.45, 7) is 1.29. The van der Waals surface area contributed by atoms with Crippen molar-refractivity contribution in [3.63, 3.8) is 0 Å². The average Bonchev–Trinajstić information content (AvgIpc) is 2.02. The van der Waals surface area contributed by atoms with Crippen molar-refractivity contribution in [3.8, 4) is 0 Å². The molecule has 4 heteroatoms. The zero-order valence-electron chi connectivity index (χ0n) is 8.10. The Morgan fingerprint density at radius 1 is 1.21 bits per heavy atom. The highest BCUT2D eigenvalue weighted by Gasteiger charge is 2.26. The molecule has 0 fully saturated rings. The maximum atomic E-state index is 11.4. The first-order valence-corrected chi connectivity index (χ1v) is 6.12. The van der Waals surface area contributed by atoms with Gasteiger partial charge in [0.1, 0.15) is 5.25 Å². The van der Waals surface area contributed by atoms with Crippen LogP contribution in [0.25, 0.3) is 0 Å². The minimum atomic E-state index is -3.37. The molecule has 0 saturated heterocycles. The van der Waals surface area contributed by atoms with Gasteiger partial charge in [-0.05, 0) is 12.5 Å². The minimum Gasteiger partial charge on any atom is -0.298 e. The topological polar surface area (TPSA) is 51.2 Å². The van der Waals surface area contributed by atoms with Gasteiger partial charge >= 0.3 is 0 Å². The summed E-state index contributed by atoms with van der Waals surface area (Å²) in [6, 6.07) is 8.51. The number of sulfone groups is 1. The molecule has 0 aromatic heterocycles. The van der Waals surface area contributed by atoms with Crippen molar-refractivity contribution < 1.29 is 13.2 Å². The van der Waals surface area contributed by atoms with Crippen molar-refractivity contribution in [2.24, 2.45) is 0 Å². The first kappa shape index (κ1) is 10.9. The van der Waals surface area contributed by atoms with E-state index in [1.165, 1.54) is 6.92 Å². The fourth-order valence-electron chi connectivity index (χ4n) is 1.41. The second-order valence-electron chi connectivity index (χ2n) is 3.23. The molecule has 3 nitrogen and oxygen atoms in total. The van der Waals surface area contributed by atoms with Gasteiger partial charge < -0.3 is 0 Å². The molecule has 76 valence electrons. The third kappa shape index (κ3) is 2.42. The van der Waals surface area contributed by atoms with E-state index in [9.17, 15) is 13.2 Å². The summed E-state index contributed by atoms with van der Waals surface area (Å²) in [4.78, 5) is 11.2. The third-order valence-corrected chi connectivity index (χ3v) is 3.36. The predicted molar refractivity (Wildman–Crippen MR) is 54.7 cm³/mol. The van der Waals surface area contributed by atoms with E-state index in [1.807, 2.05) is 0 Å². The Hall–Kier alpha value is -1.16. The highest BCUT2D eigenvalue weighted by molar-refractivity contribution is 7.91. The third-order valence-electron chi connectivity index (χ3n) is 1.90. The lowest BCUT2D eigenvalue weighted by molar-refractivity contribution is -0.116. The number of hydrogen-bond donors (Lipinski definition) is 0. The number of carbonyl (C=O) groups excluding carboxylic acids is 1. The van der Waals surface area contributed by atoms with Crippen LogP contribution in [0.1, 0.15) is 17.7 Å². The number of ketones is 1. The molecule has 0 bridgehead atoms. The summed E-state index contributed by atoms with van der Waals surface area (Å²) in [7, 11) is -3.37. The lowest BCUT2D eigenvalue weighted by atomic mass is 10.1. The summed E-state index contributed by atoms with van der Waals surface area (Å²) in [5.74, 6) is -0.348. The minimum absolute atomic E-state index is 0.348. The van der Waals surface area contributed by atoms with Gasteiger partial charge in [-0.1, -0.05) is 30.3 Å². The van der Waals surface area contributed by atoms with Crippen LogP contribution in [0.3, 0.4) is 0 Å². The summed E-state index contributed by atoms with van der Waals surface area (Å²) in [5, 5.41) is -1.02. The van der Waals surface area contributed by atoms with Crippen molar-refractivity contribution in [1.82, 2.24) is 0 Å². The Morgan fingerprint density at radius 3 is 2.07 bits per heavy atom. The van der Waals surface area contributed by atoms with E-state index in [4.69, 9.17) is 0 Å². The molecular formula is C10H12O3S. The monoisotopic (exact) mass is 212 g/mol. The second kappa shape index (κ2) is 3.92. The van der Waals surface area contributed by atoms with Gasteiger partial charge in [-0.3, -0.25) is 4.79 Å². The largest absolute Gasteiger partial charge is 0.298 e. The maximum Gasteiger partial charge on any atom is 0.161 e. The lowest BCUT2D eigenvalue weighted by Gasteiger charge is -2.11. The van der Waals surface area contributed by atoms with Crippen LogP contribution in [0.15, 0.2) is 30.3 Å². The second-order valence-corrected chi connectivity index (χ2v) is 5.36. The van der Waals surface area contributed by atoms with Gasteiger partial charge in [0.25, 0.3) is 0 Å². The summed E-state index contributed by atoms with van der Waals surface area (Å²) in [5.41, 5.74) is 0.530. The number of carbonyl (C=O) groups is 1. The smallest absolute Gasteiger partial charge is 0.161 e. The van der Waals surface area contributed by atoms with E-state index in [2.05, 4.69) is 0 Å². The Balaban J connectivity index is 3.22. The molecule has 0 radical (unpaired) electrons. The van der Waals surface area contributed by atoms with Crippen LogP contribution in [-0.2, 0) is 14.6 Å². The molecule has 1 aromatic rings. The zero-order chi connectivity index (χ0) is 10.8. The number of benzene rings is 1. The van der Waals surface area contributed by atoms with Crippen LogP contribution < -0.4 is 0 Å². The molecule has 0 heterocycles. The maximum absolute atomic E-state index is 11.4. The van der Waals surface area contributed by atoms with E-state index in [-0.39, 0.29) is 5.78 Å². The number of rotatable bonds is 3. The van der Waals surface area contributed by atoms with Crippen LogP contribution in [0, 0.1) is 0 Å². The Morgan fingerprint density at radius 2 is 1.71 bits per heavy atom. The van der Waals surface area contributed by atoms with Crippen molar-refractivity contribution in [2.75, 3.05) is 6.26 Å². The SMILES string of the molecule is CC(=O)C(c1ccccc1)S(C)(=O)=O. The Labute approximate surface area is 83.7 Å². The highest BCUT2D eigenvalue weighted by Crippen LogP contribution is 2.21. The van der Waals surface area contributed by atoms with Gasteiger partial charge in [-0.25, -0.2) is 8.42 Å². The normalized spacial score (nSPS) is 13.6. The standard InChI is InChI=1S/C10H12O3S/c1-8(11)10(14(2,12)13)9-6-4-3-5-7-9/h3-7,10H,1-2H3. The van der Waals surface area contributed by atoms with Gasteiger partial charge in [0.2, 0.25) is 0 Å². The molecule has 14 heavy (non-hydrogen) atoms. The van der Waals surface area contributed by atoms with Crippen LogP contribution in [0.5, 0.6) is 0 Å². The lowest BCUT2D eigenvalue weighted by Crippen LogP contribution is -2.18. The Kier molecular flexibility index (Phi) is 3.06. The van der Waals surface area contributed by atoms with Gasteiger partial charge in [0, 0.05) is 6.26 Å². The van der Waals surface area contributed by atoms with Crippen molar-refractivity contribution in [3.05, 3.63) is 35.9 Å². The molecule has 0 aliphatic carbocycles. The van der Waals surface area contributed by atoms with Crippen molar-refractivity contribution in [2.45, 2.75) is 12.2 Å². The van der Waals surface area contributed by atoms with Crippen LogP contribution in [0.4, 0.5) is 0 Å². The van der Waals surface area contributed by atoms with Gasteiger partial charge in [-0.15, -0.1) is 0 Å². The molecule has 0 amide bonds. The molecule has 0 spiro atoms. The molecule has 1 atom stereocenters. The van der Waals surface area contributed by atoms with E-state index < -0.39 is 15.1 Å². The van der Waals surface area contributed by atoms with Gasteiger partial charge in [0.15, 0.2) is 15.6 Å². The van der Waals surface area contributed by atoms with E-state index >= 15 is 0 Å². The fraction of sp³-hybridized carbons (Fsp3) is 0.300. The summed E-state index contributed by atoms with van der Waals surface area (Å²) < 4.78 is 22.7. The van der Waals surface area contributed by atoms with E-state index in [0.717, 1.165) is 6.26 Å². The fourth-order valence-corrected chi connectivity index (χ4v) is 2.67. The van der Waals surface area contributed by atoms with Crippen LogP contribution >= 0.6 is 0 Å². The quantitative estimate of drug-likeness (QED) is 0.760. The molecule has 1 unspecified atom stereocenters. The predicted octanol–water partition coefficient (Wildman–Crippen LogP) is 1.36. The first-order chi connectivity index (χ1) is 6.43. The van der Waals surface area contributed by atoms with E-state index in [0.29, 0.717) is 5.56 Å². The zero-order valence-corrected chi connectivity index (χ0v) is 8.91. The van der Waals surface area contributed by atoms with Crippen LogP contribution in [-0.4, -0.2) is 20.5 Å². The molecule has 1 aromatic carbocycles. The summed E-state index contributed by atoms with van der Waals surface area (Å²) >= 11 is 0. The molecule has 0 saturated carbocycles. The Bertz CT molecular complexity index is 420. The number of hydrogen-bond acceptors (Lipinski definition) is 3. The molecule has 0 N–H and O–H groups in total. The van der Waals surface area contributed by atoms with Crippen molar-refractivity contribution >= 4 is 15.6 Å². The average molecular weight is 212 g/mol. The van der Waals surface area contributed by atoms with E-state index in [1.54, 1.807) is 30.3 Å². The molecule has 0 aliphatic rings. The van der Waals surface area contributed by atoms with Gasteiger partial charge in [-0.2, -0.15) is 0 Å². The molecule has 0 aliphatic heterocycles. The molecular weight excluding hydrogens is 200 g/mol. The van der Waals surface area contributed by atoms with Crippen molar-refractivity contribution in [1.29, 1.82) is 0 Å². The number of Topliss-reactive ketones (excluding diaryl/α,β-unsaturated/α-hetero) is 1. The van der Waals surface area contributed by atoms with Gasteiger partial charge in [0.05, 0.1) is 0 Å². The first-order valence-electron chi connectivity index (χ1n) is 4.17.